The van der Waals surface area contributed by atoms with Crippen molar-refractivity contribution in [3.8, 4) is 0 Å². The van der Waals surface area contributed by atoms with Crippen LogP contribution in [0.4, 0.5) is 0 Å². The van der Waals surface area contributed by atoms with E-state index in [1.54, 1.807) is 13.8 Å². The van der Waals surface area contributed by atoms with Gasteiger partial charge in [-0.25, -0.2) is 0 Å². The molecule has 0 saturated carbocycles. The molecule has 3 heteroatoms. The zero-order valence-corrected chi connectivity index (χ0v) is 11.5. The van der Waals surface area contributed by atoms with E-state index in [9.17, 15) is 9.90 Å². The second kappa shape index (κ2) is 6.01. The number of hydrogen-bond donors (Lipinski definition) is 1. The monoisotopic (exact) mass is 250 g/mol. The van der Waals surface area contributed by atoms with Gasteiger partial charge in [0.1, 0.15) is 5.60 Å². The molecule has 0 radical (unpaired) electrons. The van der Waals surface area contributed by atoms with E-state index in [1.165, 1.54) is 0 Å². The lowest BCUT2D eigenvalue weighted by Gasteiger charge is -2.34. The molecule has 0 amide bonds. The van der Waals surface area contributed by atoms with E-state index in [4.69, 9.17) is 4.74 Å². The van der Waals surface area contributed by atoms with Gasteiger partial charge in [0.05, 0.1) is 12.5 Å². The molecule has 0 heterocycles. The summed E-state index contributed by atoms with van der Waals surface area (Å²) in [6.07, 6.45) is 0. The third-order valence-corrected chi connectivity index (χ3v) is 3.17. The second-order valence-electron chi connectivity index (χ2n) is 4.99. The molecule has 2 atom stereocenters. The highest BCUT2D eigenvalue weighted by atomic mass is 16.5. The number of benzene rings is 1. The van der Waals surface area contributed by atoms with Crippen LogP contribution in [0.2, 0.25) is 0 Å². The van der Waals surface area contributed by atoms with Gasteiger partial charge in [0.15, 0.2) is 0 Å². The van der Waals surface area contributed by atoms with Crippen LogP contribution in [0.1, 0.15) is 33.3 Å². The Morgan fingerprint density at radius 1 is 1.33 bits per heavy atom. The molecule has 0 aromatic heterocycles. The summed E-state index contributed by atoms with van der Waals surface area (Å²) in [4.78, 5) is 12.0. The van der Waals surface area contributed by atoms with E-state index < -0.39 is 11.5 Å². The fourth-order valence-corrected chi connectivity index (χ4v) is 2.34. The smallest absolute Gasteiger partial charge is 0.312 e. The van der Waals surface area contributed by atoms with Crippen molar-refractivity contribution in [2.75, 3.05) is 6.61 Å². The molecule has 1 aromatic rings. The number of aliphatic hydroxyl groups is 1. The molecule has 18 heavy (non-hydrogen) atoms. The van der Waals surface area contributed by atoms with Crippen LogP contribution in [0.15, 0.2) is 30.3 Å². The van der Waals surface area contributed by atoms with Gasteiger partial charge in [-0.2, -0.15) is 0 Å². The van der Waals surface area contributed by atoms with Crippen molar-refractivity contribution in [2.45, 2.75) is 33.3 Å². The summed E-state index contributed by atoms with van der Waals surface area (Å²) >= 11 is 0. The normalized spacial score (nSPS) is 16.1. The van der Waals surface area contributed by atoms with Crippen molar-refractivity contribution in [3.63, 3.8) is 0 Å². The first-order valence-electron chi connectivity index (χ1n) is 6.35. The van der Waals surface area contributed by atoms with Gasteiger partial charge in [0, 0.05) is 0 Å². The first kappa shape index (κ1) is 14.7. The molecule has 100 valence electrons. The number of esters is 1. The Bertz CT molecular complexity index is 382. The van der Waals surface area contributed by atoms with E-state index in [0.29, 0.717) is 6.61 Å². The van der Waals surface area contributed by atoms with Gasteiger partial charge in [-0.15, -0.1) is 0 Å². The third-order valence-electron chi connectivity index (χ3n) is 3.17. The van der Waals surface area contributed by atoms with Crippen LogP contribution >= 0.6 is 0 Å². The maximum Gasteiger partial charge on any atom is 0.312 e. The number of carbonyl (C=O) groups is 1. The maximum absolute atomic E-state index is 12.0. The topological polar surface area (TPSA) is 46.5 Å². The lowest BCUT2D eigenvalue weighted by Crippen LogP contribution is -2.41. The van der Waals surface area contributed by atoms with Gasteiger partial charge in [0.25, 0.3) is 0 Å². The molecule has 0 aliphatic heterocycles. The van der Waals surface area contributed by atoms with Gasteiger partial charge < -0.3 is 9.84 Å². The average Bonchev–Trinajstić information content (AvgIpc) is 2.29. The van der Waals surface area contributed by atoms with Gasteiger partial charge >= 0.3 is 5.97 Å². The summed E-state index contributed by atoms with van der Waals surface area (Å²) in [6.45, 7) is 7.60. The summed E-state index contributed by atoms with van der Waals surface area (Å²) in [6, 6.07) is 9.25. The van der Waals surface area contributed by atoms with Gasteiger partial charge in [0.2, 0.25) is 0 Å². The first-order valence-corrected chi connectivity index (χ1v) is 6.35. The largest absolute Gasteiger partial charge is 0.466 e. The average molecular weight is 250 g/mol. The van der Waals surface area contributed by atoms with Crippen LogP contribution in [-0.4, -0.2) is 17.7 Å². The Labute approximate surface area is 109 Å². The predicted octanol–water partition coefficient (Wildman–Crippen LogP) is 2.73. The molecule has 1 N–H and O–H groups in total. The molecule has 0 aliphatic rings. The molecular weight excluding hydrogens is 228 g/mol. The quantitative estimate of drug-likeness (QED) is 0.817. The van der Waals surface area contributed by atoms with Crippen molar-refractivity contribution in [1.82, 2.24) is 0 Å². The maximum atomic E-state index is 12.0. The molecule has 0 bridgehead atoms. The van der Waals surface area contributed by atoms with E-state index in [1.807, 2.05) is 44.2 Å². The van der Waals surface area contributed by atoms with E-state index in [-0.39, 0.29) is 11.9 Å². The van der Waals surface area contributed by atoms with Crippen LogP contribution in [0.3, 0.4) is 0 Å². The molecule has 0 saturated heterocycles. The first-order chi connectivity index (χ1) is 8.41. The van der Waals surface area contributed by atoms with Gasteiger partial charge in [-0.1, -0.05) is 44.2 Å². The minimum absolute atomic E-state index is 0.000689. The molecule has 0 unspecified atom stereocenters. The third kappa shape index (κ3) is 3.10. The van der Waals surface area contributed by atoms with Crippen LogP contribution in [0, 0.1) is 11.8 Å². The Balaban J connectivity index is 3.08. The zero-order valence-electron chi connectivity index (χ0n) is 11.5. The summed E-state index contributed by atoms with van der Waals surface area (Å²) in [5, 5.41) is 10.7. The number of carbonyl (C=O) groups excluding carboxylic acids is 1. The van der Waals surface area contributed by atoms with Crippen molar-refractivity contribution in [1.29, 1.82) is 0 Å². The molecule has 0 spiro atoms. The van der Waals surface area contributed by atoms with E-state index >= 15 is 0 Å². The number of rotatable bonds is 5. The molecule has 0 fully saturated rings. The van der Waals surface area contributed by atoms with E-state index in [2.05, 4.69) is 0 Å². The fourth-order valence-electron chi connectivity index (χ4n) is 2.34. The van der Waals surface area contributed by atoms with Gasteiger partial charge in [-0.3, -0.25) is 4.79 Å². The summed E-state index contributed by atoms with van der Waals surface area (Å²) in [5.41, 5.74) is -0.487. The summed E-state index contributed by atoms with van der Waals surface area (Å²) < 4.78 is 5.07. The molecule has 3 nitrogen and oxygen atoms in total. The van der Waals surface area contributed by atoms with Crippen molar-refractivity contribution >= 4 is 5.97 Å². The summed E-state index contributed by atoms with van der Waals surface area (Å²) in [7, 11) is 0. The highest BCUT2D eigenvalue weighted by Gasteiger charge is 2.41. The standard InChI is InChI=1S/C15H22O3/c1-5-18-14(16)13(11(2)3)15(4,17)12-9-7-6-8-10-12/h6-11,13,17H,5H2,1-4H3/t13-,15+/m1/s1. The highest BCUT2D eigenvalue weighted by molar-refractivity contribution is 5.74. The van der Waals surface area contributed by atoms with Crippen LogP contribution in [0.25, 0.3) is 0 Å². The lowest BCUT2D eigenvalue weighted by atomic mass is 9.76. The SMILES string of the molecule is CCOC(=O)[C@@H](C(C)C)[C@@](C)(O)c1ccccc1. The zero-order chi connectivity index (χ0) is 13.8. The molecular formula is C15H22O3. The van der Waals surface area contributed by atoms with Crippen LogP contribution < -0.4 is 0 Å². The van der Waals surface area contributed by atoms with Gasteiger partial charge in [-0.05, 0) is 25.3 Å². The van der Waals surface area contributed by atoms with Crippen LogP contribution in [0.5, 0.6) is 0 Å². The van der Waals surface area contributed by atoms with E-state index in [0.717, 1.165) is 5.56 Å². The van der Waals surface area contributed by atoms with Crippen molar-refractivity contribution in [2.24, 2.45) is 11.8 Å². The Morgan fingerprint density at radius 3 is 2.33 bits per heavy atom. The predicted molar refractivity (Wildman–Crippen MR) is 71.0 cm³/mol. The highest BCUT2D eigenvalue weighted by Crippen LogP contribution is 2.35. The Hall–Kier alpha value is -1.35. The van der Waals surface area contributed by atoms with Crippen LogP contribution in [-0.2, 0) is 15.1 Å². The molecule has 1 rings (SSSR count). The summed E-state index contributed by atoms with van der Waals surface area (Å²) in [5.74, 6) is -0.916. The molecule has 1 aromatic carbocycles. The van der Waals surface area contributed by atoms with Crippen molar-refractivity contribution in [3.05, 3.63) is 35.9 Å². The minimum Gasteiger partial charge on any atom is -0.466 e. The lowest BCUT2D eigenvalue weighted by molar-refractivity contribution is -0.161. The minimum atomic E-state index is -1.22. The Morgan fingerprint density at radius 2 is 1.89 bits per heavy atom. The Kier molecular flexibility index (Phi) is 4.91. The second-order valence-corrected chi connectivity index (χ2v) is 4.99. The number of ether oxygens (including phenoxy) is 1. The number of hydrogen-bond acceptors (Lipinski definition) is 3. The fraction of sp³-hybridized carbons (Fsp3) is 0.533. The molecule has 0 aliphatic carbocycles. The van der Waals surface area contributed by atoms with Crippen molar-refractivity contribution < 1.29 is 14.6 Å².